The molecule has 2 saturated heterocycles. The number of alkyl carbamates (subject to hydrolysis) is 2. The van der Waals surface area contributed by atoms with Gasteiger partial charge in [-0.2, -0.15) is 0 Å². The predicted molar refractivity (Wildman–Crippen MR) is 261 cm³/mol. The lowest BCUT2D eigenvalue weighted by Gasteiger charge is -2.37. The van der Waals surface area contributed by atoms with Gasteiger partial charge in [-0.25, -0.2) is 19.2 Å². The van der Waals surface area contributed by atoms with Gasteiger partial charge in [-0.05, 0) is 144 Å². The number of anilines is 4. The highest BCUT2D eigenvalue weighted by Crippen LogP contribution is 2.24. The van der Waals surface area contributed by atoms with Gasteiger partial charge in [0.25, 0.3) is 11.8 Å². The van der Waals surface area contributed by atoms with E-state index in [9.17, 15) is 28.8 Å². The Kier molecular flexibility index (Phi) is 16.6. The molecule has 374 valence electrons. The summed E-state index contributed by atoms with van der Waals surface area (Å²) in [5.41, 5.74) is -0.284. The quantitative estimate of drug-likeness (QED) is 0.105. The first kappa shape index (κ1) is 52.6. The average Bonchev–Trinajstić information content (AvgIpc) is 3.73. The van der Waals surface area contributed by atoms with Gasteiger partial charge >= 0.3 is 24.4 Å². The fourth-order valence-corrected chi connectivity index (χ4v) is 6.72. The minimum atomic E-state index is -0.839. The molecule has 0 bridgehead atoms. The molecular formula is C48H66N10O11. The van der Waals surface area contributed by atoms with Gasteiger partial charge in [-0.15, -0.1) is 9.98 Å². The molecule has 0 saturated carbocycles. The molecule has 3 heterocycles. The molecule has 0 unspecified atom stereocenters. The third-order valence-electron chi connectivity index (χ3n) is 9.60. The highest BCUT2D eigenvalue weighted by molar-refractivity contribution is 6.06. The molecule has 21 heteroatoms. The second-order valence-electron chi connectivity index (χ2n) is 20.2. The molecule has 4 N–H and O–H groups in total. The van der Waals surface area contributed by atoms with Gasteiger partial charge in [-0.3, -0.25) is 20.2 Å². The summed E-state index contributed by atoms with van der Waals surface area (Å²) in [5, 5.41) is 10.8. The summed E-state index contributed by atoms with van der Waals surface area (Å²) in [7, 11) is 0. The molecule has 0 atom stereocenters. The molecule has 1 aromatic heterocycles. The summed E-state index contributed by atoms with van der Waals surface area (Å²) < 4.78 is 27.1. The summed E-state index contributed by atoms with van der Waals surface area (Å²) in [6, 6.07) is 17.3. The fourth-order valence-electron chi connectivity index (χ4n) is 6.72. The number of carbonyl (C=O) groups excluding carboxylic acids is 6. The first-order valence-corrected chi connectivity index (χ1v) is 22.6. The second-order valence-corrected chi connectivity index (χ2v) is 20.2. The molecule has 69 heavy (non-hydrogen) atoms. The van der Waals surface area contributed by atoms with Crippen LogP contribution in [0.3, 0.4) is 0 Å². The first-order valence-electron chi connectivity index (χ1n) is 22.6. The number of hydrogen-bond donors (Lipinski definition) is 4. The Morgan fingerprint density at radius 3 is 1.04 bits per heavy atom. The van der Waals surface area contributed by atoms with Crippen LogP contribution in [0.15, 0.2) is 75.1 Å². The standard InChI is InChI=1S/C48H66N10O11/c1-45(2,3)66-41(61)51-39(52-42(62)67-46(4,5)6)57-27-23-55(24-28-57)33-17-13-31(14-18-33)49-37(59)35-21-22-36(65-35)38(60)50-32-15-19-34(20-16-32)56-25-29-58(30-26-56)40(53-43(63)68-47(7,8)9)54-44(64)69-48(10,11)12/h13-22H,23-30H2,1-12H3,(H,49,59)(H,50,60)(H,51,52,61,62)(H,53,54,63,64). The van der Waals surface area contributed by atoms with Crippen LogP contribution in [0.2, 0.25) is 0 Å². The Balaban J connectivity index is 1.11. The number of piperazine rings is 2. The van der Waals surface area contributed by atoms with E-state index in [4.69, 9.17) is 23.4 Å². The Morgan fingerprint density at radius 1 is 0.449 bits per heavy atom. The Hall–Kier alpha value is -7.32. The molecular weight excluding hydrogens is 893 g/mol. The zero-order chi connectivity index (χ0) is 50.9. The number of carbonyl (C=O) groups is 6. The van der Waals surface area contributed by atoms with Crippen molar-refractivity contribution in [3.05, 3.63) is 72.2 Å². The van der Waals surface area contributed by atoms with E-state index in [0.29, 0.717) is 63.7 Å². The van der Waals surface area contributed by atoms with E-state index in [0.717, 1.165) is 11.4 Å². The molecule has 21 nitrogen and oxygen atoms in total. The van der Waals surface area contributed by atoms with Crippen molar-refractivity contribution < 1.29 is 52.1 Å². The van der Waals surface area contributed by atoms with Gasteiger partial charge in [0.2, 0.25) is 11.9 Å². The normalized spacial score (nSPS) is 15.2. The molecule has 0 radical (unpaired) electrons. The summed E-state index contributed by atoms with van der Waals surface area (Å²) in [5.74, 6) is -1.13. The van der Waals surface area contributed by atoms with Crippen LogP contribution in [0.4, 0.5) is 41.9 Å². The minimum Gasteiger partial charge on any atom is -0.446 e. The van der Waals surface area contributed by atoms with E-state index in [1.54, 1.807) is 117 Å². The maximum Gasteiger partial charge on any atom is 0.437 e. The Morgan fingerprint density at radius 2 is 0.754 bits per heavy atom. The van der Waals surface area contributed by atoms with Gasteiger partial charge in [0.15, 0.2) is 11.5 Å². The van der Waals surface area contributed by atoms with Crippen LogP contribution in [0.1, 0.15) is 104 Å². The third-order valence-corrected chi connectivity index (χ3v) is 9.60. The summed E-state index contributed by atoms with van der Waals surface area (Å²) in [6.45, 7) is 24.6. The highest BCUT2D eigenvalue weighted by atomic mass is 16.6. The Bertz CT molecular complexity index is 2210. The third kappa shape index (κ3) is 17.4. The number of furan rings is 1. The van der Waals surface area contributed by atoms with E-state index < -0.39 is 58.6 Å². The number of guanidine groups is 2. The van der Waals surface area contributed by atoms with Crippen LogP contribution in [0, 0.1) is 0 Å². The van der Waals surface area contributed by atoms with E-state index in [2.05, 4.69) is 41.1 Å². The van der Waals surface area contributed by atoms with E-state index in [-0.39, 0.29) is 23.4 Å². The van der Waals surface area contributed by atoms with Crippen LogP contribution in [-0.4, -0.2) is 133 Å². The lowest BCUT2D eigenvalue weighted by Crippen LogP contribution is -2.54. The molecule has 5 rings (SSSR count). The van der Waals surface area contributed by atoms with Crippen molar-refractivity contribution in [3.8, 4) is 0 Å². The lowest BCUT2D eigenvalue weighted by atomic mass is 10.2. The van der Waals surface area contributed by atoms with Crippen LogP contribution < -0.4 is 31.1 Å². The van der Waals surface area contributed by atoms with Gasteiger partial charge in [-0.1, -0.05) is 0 Å². The van der Waals surface area contributed by atoms with Crippen molar-refractivity contribution in [1.82, 2.24) is 20.4 Å². The van der Waals surface area contributed by atoms with Crippen molar-refractivity contribution >= 4 is 70.9 Å². The molecule has 3 aromatic rings. The van der Waals surface area contributed by atoms with Crippen LogP contribution in [-0.2, 0) is 18.9 Å². The van der Waals surface area contributed by atoms with Crippen molar-refractivity contribution in [1.29, 1.82) is 0 Å². The lowest BCUT2D eigenvalue weighted by molar-refractivity contribution is 0.0535. The highest BCUT2D eigenvalue weighted by Gasteiger charge is 2.29. The van der Waals surface area contributed by atoms with Gasteiger partial charge in [0.05, 0.1) is 0 Å². The number of ether oxygens (including phenoxy) is 4. The predicted octanol–water partition coefficient (Wildman–Crippen LogP) is 7.66. The molecule has 2 aliphatic heterocycles. The van der Waals surface area contributed by atoms with Crippen molar-refractivity contribution in [2.45, 2.75) is 105 Å². The van der Waals surface area contributed by atoms with Crippen molar-refractivity contribution in [2.75, 3.05) is 72.8 Å². The number of aliphatic imine (C=N–C) groups is 2. The number of benzene rings is 2. The first-order chi connectivity index (χ1) is 32.1. The molecule has 2 aliphatic rings. The number of nitrogens with zero attached hydrogens (tertiary/aromatic N) is 6. The molecule has 2 aromatic carbocycles. The smallest absolute Gasteiger partial charge is 0.437 e. The molecule has 0 spiro atoms. The second kappa shape index (κ2) is 21.8. The fraction of sp³-hybridized carbons (Fsp3) is 0.500. The van der Waals surface area contributed by atoms with Crippen molar-refractivity contribution in [2.24, 2.45) is 9.98 Å². The Labute approximate surface area is 402 Å². The van der Waals surface area contributed by atoms with Gasteiger partial charge < -0.3 is 53.6 Å². The maximum absolute atomic E-state index is 13.1. The van der Waals surface area contributed by atoms with E-state index in [1.807, 2.05) is 24.3 Å². The molecule has 2 fully saturated rings. The van der Waals surface area contributed by atoms with E-state index >= 15 is 0 Å². The number of nitrogens with one attached hydrogen (secondary N) is 4. The van der Waals surface area contributed by atoms with Gasteiger partial charge in [0, 0.05) is 75.1 Å². The van der Waals surface area contributed by atoms with Crippen LogP contribution in [0.5, 0.6) is 0 Å². The molecule has 0 aliphatic carbocycles. The van der Waals surface area contributed by atoms with Gasteiger partial charge in [0.1, 0.15) is 22.4 Å². The van der Waals surface area contributed by atoms with Crippen LogP contribution >= 0.6 is 0 Å². The zero-order valence-electron chi connectivity index (χ0n) is 41.6. The van der Waals surface area contributed by atoms with Crippen molar-refractivity contribution in [3.63, 3.8) is 0 Å². The monoisotopic (exact) mass is 958 g/mol. The van der Waals surface area contributed by atoms with E-state index in [1.165, 1.54) is 12.1 Å². The number of hydrogen-bond acceptors (Lipinski definition) is 13. The summed E-state index contributed by atoms with van der Waals surface area (Å²) in [6.07, 6.45) is -3.17. The zero-order valence-corrected chi connectivity index (χ0v) is 41.6. The summed E-state index contributed by atoms with van der Waals surface area (Å²) >= 11 is 0. The topological polar surface area (TPSA) is 238 Å². The maximum atomic E-state index is 13.1. The minimum absolute atomic E-state index is 0.0335. The van der Waals surface area contributed by atoms with Crippen LogP contribution in [0.25, 0.3) is 0 Å². The molecule has 6 amide bonds. The average molecular weight is 959 g/mol. The number of amides is 6. The summed E-state index contributed by atoms with van der Waals surface area (Å²) in [4.78, 5) is 92.6. The number of rotatable bonds is 6. The SMILES string of the molecule is CC(C)(C)OC(=O)N=C(NC(=O)OC(C)(C)C)N1CCN(c2ccc(NC(=O)c3ccc(C(=O)Nc4ccc(N5CCN(C(=NC(=O)OC(C)(C)C)NC(=O)OC(C)(C)C)CC5)cc4)o3)cc2)CC1. The largest absolute Gasteiger partial charge is 0.446 e.